The molecule has 0 spiro atoms. The highest BCUT2D eigenvalue weighted by Gasteiger charge is 2.35. The zero-order valence-electron chi connectivity index (χ0n) is 17.3. The van der Waals surface area contributed by atoms with E-state index in [1.807, 2.05) is 18.2 Å². The van der Waals surface area contributed by atoms with Crippen LogP contribution >= 0.6 is 11.6 Å². The number of amides is 2. The van der Waals surface area contributed by atoms with E-state index in [1.165, 1.54) is 4.90 Å². The zero-order valence-corrected chi connectivity index (χ0v) is 18.1. The Hall–Kier alpha value is -2.57. The number of halogens is 1. The predicted molar refractivity (Wildman–Crippen MR) is 116 cm³/mol. The molecule has 6 nitrogen and oxygen atoms in total. The Bertz CT molecular complexity index is 894. The standard InChI is InChI=1S/C23H27ClN2O4/c1-26(2)21(27)15-30-20-8-3-5-17(13-20)22(28)25-16-23(9-11-29-12-10-23)18-6-4-7-19(24)14-18/h3-8,13-14H,9-12,15-16H2,1-2H3,(H,25,28). The number of ether oxygens (including phenoxy) is 2. The van der Waals surface area contributed by atoms with Crippen molar-refractivity contribution < 1.29 is 19.1 Å². The van der Waals surface area contributed by atoms with E-state index >= 15 is 0 Å². The van der Waals surface area contributed by atoms with Gasteiger partial charge in [-0.05, 0) is 48.7 Å². The first-order chi connectivity index (χ1) is 14.4. The largest absolute Gasteiger partial charge is 0.484 e. The van der Waals surface area contributed by atoms with E-state index in [9.17, 15) is 9.59 Å². The average molecular weight is 431 g/mol. The van der Waals surface area contributed by atoms with E-state index in [0.717, 1.165) is 18.4 Å². The number of carbonyl (C=O) groups is 2. The second-order valence-electron chi connectivity index (χ2n) is 7.69. The van der Waals surface area contributed by atoms with Crippen molar-refractivity contribution in [2.45, 2.75) is 18.3 Å². The molecule has 0 aromatic heterocycles. The van der Waals surface area contributed by atoms with Gasteiger partial charge in [0.25, 0.3) is 11.8 Å². The van der Waals surface area contributed by atoms with E-state index in [1.54, 1.807) is 38.4 Å². The van der Waals surface area contributed by atoms with Crippen molar-refractivity contribution >= 4 is 23.4 Å². The third kappa shape index (κ3) is 5.52. The summed E-state index contributed by atoms with van der Waals surface area (Å²) in [5.41, 5.74) is 1.38. The normalized spacial score (nSPS) is 15.3. The van der Waals surface area contributed by atoms with Crippen molar-refractivity contribution in [3.05, 3.63) is 64.7 Å². The molecule has 0 saturated carbocycles. The summed E-state index contributed by atoms with van der Waals surface area (Å²) in [6.45, 7) is 1.70. The van der Waals surface area contributed by atoms with E-state index in [-0.39, 0.29) is 23.8 Å². The predicted octanol–water partition coefficient (Wildman–Crippen LogP) is 3.29. The fourth-order valence-corrected chi connectivity index (χ4v) is 3.69. The molecule has 1 N–H and O–H groups in total. The van der Waals surface area contributed by atoms with Crippen molar-refractivity contribution in [1.29, 1.82) is 0 Å². The molecule has 0 unspecified atom stereocenters. The maximum absolute atomic E-state index is 12.8. The molecule has 160 valence electrons. The summed E-state index contributed by atoms with van der Waals surface area (Å²) < 4.78 is 11.1. The molecule has 0 atom stereocenters. The number of hydrogen-bond donors (Lipinski definition) is 1. The summed E-state index contributed by atoms with van der Waals surface area (Å²) in [5, 5.41) is 3.75. The van der Waals surface area contributed by atoms with Crippen molar-refractivity contribution in [3.8, 4) is 5.75 Å². The average Bonchev–Trinajstić information content (AvgIpc) is 2.76. The van der Waals surface area contributed by atoms with Gasteiger partial charge in [0.2, 0.25) is 0 Å². The number of rotatable bonds is 7. The molecule has 1 fully saturated rings. The number of likely N-dealkylation sites (N-methyl/N-ethyl adjacent to an activating group) is 1. The summed E-state index contributed by atoms with van der Waals surface area (Å²) in [6, 6.07) is 14.7. The third-order valence-corrected chi connectivity index (χ3v) is 5.67. The fraction of sp³-hybridized carbons (Fsp3) is 0.391. The van der Waals surface area contributed by atoms with Crippen molar-refractivity contribution in [2.24, 2.45) is 0 Å². The minimum Gasteiger partial charge on any atom is -0.484 e. The van der Waals surface area contributed by atoms with Crippen molar-refractivity contribution in [1.82, 2.24) is 10.2 Å². The fourth-order valence-electron chi connectivity index (χ4n) is 3.50. The van der Waals surface area contributed by atoms with Crippen LogP contribution in [-0.4, -0.2) is 57.2 Å². The van der Waals surface area contributed by atoms with Crippen LogP contribution in [0.25, 0.3) is 0 Å². The first kappa shape index (κ1) is 22.1. The van der Waals surface area contributed by atoms with Crippen LogP contribution < -0.4 is 10.1 Å². The van der Waals surface area contributed by atoms with Crippen molar-refractivity contribution in [2.75, 3.05) is 40.5 Å². The van der Waals surface area contributed by atoms with Gasteiger partial charge in [0.05, 0.1) is 0 Å². The maximum atomic E-state index is 12.8. The lowest BCUT2D eigenvalue weighted by Gasteiger charge is -2.38. The van der Waals surface area contributed by atoms with Crippen LogP contribution in [0.3, 0.4) is 0 Å². The van der Waals surface area contributed by atoms with E-state index in [2.05, 4.69) is 11.4 Å². The third-order valence-electron chi connectivity index (χ3n) is 5.43. The smallest absolute Gasteiger partial charge is 0.259 e. The van der Waals surface area contributed by atoms with Gasteiger partial charge in [-0.1, -0.05) is 29.8 Å². The molecule has 0 radical (unpaired) electrons. The number of hydrogen-bond acceptors (Lipinski definition) is 4. The highest BCUT2D eigenvalue weighted by molar-refractivity contribution is 6.30. The molecule has 2 amide bonds. The Morgan fingerprint density at radius 1 is 1.13 bits per heavy atom. The lowest BCUT2D eigenvalue weighted by Crippen LogP contribution is -2.44. The summed E-state index contributed by atoms with van der Waals surface area (Å²) in [4.78, 5) is 26.0. The molecule has 3 rings (SSSR count). The Labute approximate surface area is 182 Å². The molecule has 1 aliphatic rings. The molecule has 0 bridgehead atoms. The lowest BCUT2D eigenvalue weighted by molar-refractivity contribution is -0.130. The van der Waals surface area contributed by atoms with Gasteiger partial charge in [-0.2, -0.15) is 0 Å². The highest BCUT2D eigenvalue weighted by atomic mass is 35.5. The van der Waals surface area contributed by atoms with E-state index in [0.29, 0.717) is 36.1 Å². The first-order valence-corrected chi connectivity index (χ1v) is 10.3. The zero-order chi connectivity index (χ0) is 21.6. The molecule has 1 saturated heterocycles. The Morgan fingerprint density at radius 3 is 2.57 bits per heavy atom. The summed E-state index contributed by atoms with van der Waals surface area (Å²) in [5.74, 6) is 0.147. The van der Waals surface area contributed by atoms with Gasteiger partial charge < -0.3 is 19.7 Å². The molecule has 0 aliphatic carbocycles. The monoisotopic (exact) mass is 430 g/mol. The van der Waals surface area contributed by atoms with Crippen LogP contribution in [0, 0.1) is 0 Å². The quantitative estimate of drug-likeness (QED) is 0.732. The second-order valence-corrected chi connectivity index (χ2v) is 8.13. The van der Waals surface area contributed by atoms with Gasteiger partial charge in [-0.3, -0.25) is 9.59 Å². The number of benzene rings is 2. The van der Waals surface area contributed by atoms with Crippen molar-refractivity contribution in [3.63, 3.8) is 0 Å². The first-order valence-electron chi connectivity index (χ1n) is 9.95. The second kappa shape index (κ2) is 9.96. The van der Waals surface area contributed by atoms with Gasteiger partial charge in [0.15, 0.2) is 6.61 Å². The molecule has 2 aromatic carbocycles. The van der Waals surface area contributed by atoms with Gasteiger partial charge in [-0.25, -0.2) is 0 Å². The number of carbonyl (C=O) groups excluding carboxylic acids is 2. The van der Waals surface area contributed by atoms with E-state index in [4.69, 9.17) is 21.1 Å². The molecule has 2 aromatic rings. The van der Waals surface area contributed by atoms with Crippen LogP contribution in [0.5, 0.6) is 5.75 Å². The lowest BCUT2D eigenvalue weighted by atomic mass is 9.74. The molecule has 7 heteroatoms. The molecule has 1 aliphatic heterocycles. The summed E-state index contributed by atoms with van der Waals surface area (Å²) >= 11 is 6.21. The maximum Gasteiger partial charge on any atom is 0.259 e. The number of nitrogens with zero attached hydrogens (tertiary/aromatic N) is 1. The molecular weight excluding hydrogens is 404 g/mol. The number of nitrogens with one attached hydrogen (secondary N) is 1. The molecule has 30 heavy (non-hydrogen) atoms. The van der Waals surface area contributed by atoms with Crippen LogP contribution in [0.1, 0.15) is 28.8 Å². The van der Waals surface area contributed by atoms with Gasteiger partial charge in [-0.15, -0.1) is 0 Å². The molecule has 1 heterocycles. The van der Waals surface area contributed by atoms with Gasteiger partial charge in [0, 0.05) is 49.9 Å². The minimum atomic E-state index is -0.217. The van der Waals surface area contributed by atoms with Gasteiger partial charge in [0.1, 0.15) is 5.75 Å². The summed E-state index contributed by atoms with van der Waals surface area (Å²) in [7, 11) is 3.34. The topological polar surface area (TPSA) is 67.9 Å². The minimum absolute atomic E-state index is 0.0735. The Balaban J connectivity index is 1.69. The molecular formula is C23H27ClN2O4. The van der Waals surface area contributed by atoms with Gasteiger partial charge >= 0.3 is 0 Å². The van der Waals surface area contributed by atoms with Crippen LogP contribution in [0.15, 0.2) is 48.5 Å². The Morgan fingerprint density at radius 2 is 1.87 bits per heavy atom. The van der Waals surface area contributed by atoms with Crippen LogP contribution in [-0.2, 0) is 14.9 Å². The summed E-state index contributed by atoms with van der Waals surface area (Å²) in [6.07, 6.45) is 1.62. The van der Waals surface area contributed by atoms with Crippen LogP contribution in [0.4, 0.5) is 0 Å². The van der Waals surface area contributed by atoms with E-state index < -0.39 is 0 Å². The Kier molecular flexibility index (Phi) is 7.34. The highest BCUT2D eigenvalue weighted by Crippen LogP contribution is 2.35. The SMILES string of the molecule is CN(C)C(=O)COc1cccc(C(=O)NCC2(c3cccc(Cl)c3)CCOCC2)c1. The van der Waals surface area contributed by atoms with Crippen LogP contribution in [0.2, 0.25) is 5.02 Å².